The van der Waals surface area contributed by atoms with Crippen LogP contribution in [0, 0.1) is 5.92 Å². The maximum Gasteiger partial charge on any atom is 0.410 e. The zero-order chi connectivity index (χ0) is 24.8. The van der Waals surface area contributed by atoms with E-state index in [4.69, 9.17) is 35.3 Å². The van der Waals surface area contributed by atoms with Crippen LogP contribution in [-0.4, -0.2) is 51.4 Å². The van der Waals surface area contributed by atoms with Gasteiger partial charge in [-0.2, -0.15) is 0 Å². The number of carbonyl (C=O) groups excluding carboxylic acids is 2. The summed E-state index contributed by atoms with van der Waals surface area (Å²) in [4.78, 5) is 26.6. The lowest BCUT2D eigenvalue weighted by Crippen LogP contribution is -2.44. The van der Waals surface area contributed by atoms with Crippen molar-refractivity contribution in [3.05, 3.63) is 52.0 Å². The number of amides is 1. The number of nitrogens with zero attached hydrogens (tertiary/aromatic N) is 1. The zero-order valence-corrected chi connectivity index (χ0v) is 20.8. The standard InChI is InChI=1S/C25H30ClNO7/c1-15(2)13-34-25(29)27-11-10-16-12-18(7-8-19(16)22(27)24(28)32-5)33-14-17-6-9-20(30-3)23(31-4)21(17)26/h6-9,12,15,22H,10-11,13-14H2,1-5H3. The summed E-state index contributed by atoms with van der Waals surface area (Å²) in [5.74, 6) is 1.27. The SMILES string of the molecule is COC(=O)C1c2ccc(OCc3ccc(OC)c(OC)c3Cl)cc2CCN1C(=O)OCC(C)C. The Morgan fingerprint density at radius 2 is 1.88 bits per heavy atom. The van der Waals surface area contributed by atoms with Crippen molar-refractivity contribution in [2.45, 2.75) is 32.9 Å². The molecule has 0 fully saturated rings. The fraction of sp³-hybridized carbons (Fsp3) is 0.440. The van der Waals surface area contributed by atoms with Gasteiger partial charge in [0.05, 0.1) is 33.0 Å². The van der Waals surface area contributed by atoms with Crippen molar-refractivity contribution in [3.63, 3.8) is 0 Å². The molecule has 0 aliphatic carbocycles. The molecule has 0 bridgehead atoms. The number of rotatable bonds is 8. The Kier molecular flexibility index (Phi) is 8.50. The fourth-order valence-electron chi connectivity index (χ4n) is 3.78. The molecule has 1 aliphatic heterocycles. The molecule has 3 rings (SSSR count). The Labute approximate surface area is 204 Å². The summed E-state index contributed by atoms with van der Waals surface area (Å²) in [7, 11) is 4.38. The molecule has 2 aromatic rings. The van der Waals surface area contributed by atoms with Crippen molar-refractivity contribution >= 4 is 23.7 Å². The molecule has 1 heterocycles. The van der Waals surface area contributed by atoms with E-state index in [-0.39, 0.29) is 19.1 Å². The first-order valence-electron chi connectivity index (χ1n) is 11.0. The third kappa shape index (κ3) is 5.50. The zero-order valence-electron chi connectivity index (χ0n) is 20.1. The maximum atomic E-state index is 12.6. The van der Waals surface area contributed by atoms with E-state index in [0.29, 0.717) is 40.8 Å². The quantitative estimate of drug-likeness (QED) is 0.490. The predicted molar refractivity (Wildman–Crippen MR) is 127 cm³/mol. The van der Waals surface area contributed by atoms with Crippen LogP contribution in [0.2, 0.25) is 5.02 Å². The summed E-state index contributed by atoms with van der Waals surface area (Å²) in [5, 5.41) is 0.418. The van der Waals surface area contributed by atoms with E-state index in [1.165, 1.54) is 19.1 Å². The highest BCUT2D eigenvalue weighted by Gasteiger charge is 2.38. The number of carbonyl (C=O) groups is 2. The number of halogens is 1. The lowest BCUT2D eigenvalue weighted by Gasteiger charge is -2.35. The highest BCUT2D eigenvalue weighted by molar-refractivity contribution is 6.33. The second-order valence-corrected chi connectivity index (χ2v) is 8.64. The summed E-state index contributed by atoms with van der Waals surface area (Å²) in [6.07, 6.45) is 0.0201. The van der Waals surface area contributed by atoms with E-state index in [1.807, 2.05) is 26.0 Å². The van der Waals surface area contributed by atoms with Gasteiger partial charge < -0.3 is 23.7 Å². The molecule has 1 aliphatic rings. The molecule has 0 saturated heterocycles. The highest BCUT2D eigenvalue weighted by Crippen LogP contribution is 2.38. The van der Waals surface area contributed by atoms with Crippen molar-refractivity contribution in [2.24, 2.45) is 5.92 Å². The third-order valence-corrected chi connectivity index (χ3v) is 5.92. The van der Waals surface area contributed by atoms with Crippen LogP contribution in [0.5, 0.6) is 17.2 Å². The number of hydrogen-bond acceptors (Lipinski definition) is 7. The number of esters is 1. The molecule has 8 nitrogen and oxygen atoms in total. The first-order valence-corrected chi connectivity index (χ1v) is 11.3. The smallest absolute Gasteiger partial charge is 0.410 e. The summed E-state index contributed by atoms with van der Waals surface area (Å²) >= 11 is 6.45. The Morgan fingerprint density at radius 1 is 1.12 bits per heavy atom. The van der Waals surface area contributed by atoms with Gasteiger partial charge in [-0.1, -0.05) is 37.6 Å². The number of benzene rings is 2. The first-order chi connectivity index (χ1) is 16.3. The number of hydrogen-bond donors (Lipinski definition) is 0. The summed E-state index contributed by atoms with van der Waals surface area (Å²) < 4.78 is 26.9. The van der Waals surface area contributed by atoms with Gasteiger partial charge in [0, 0.05) is 12.1 Å². The Hall–Kier alpha value is -3.13. The van der Waals surface area contributed by atoms with Crippen molar-refractivity contribution in [1.29, 1.82) is 0 Å². The van der Waals surface area contributed by atoms with Crippen LogP contribution in [-0.2, 0) is 27.3 Å². The van der Waals surface area contributed by atoms with Crippen LogP contribution >= 0.6 is 11.6 Å². The van der Waals surface area contributed by atoms with Crippen molar-refractivity contribution < 1.29 is 33.3 Å². The topological polar surface area (TPSA) is 83.5 Å². The van der Waals surface area contributed by atoms with Gasteiger partial charge >= 0.3 is 12.1 Å². The summed E-state index contributed by atoms with van der Waals surface area (Å²) in [6, 6.07) is 8.12. The molecule has 0 radical (unpaired) electrons. The van der Waals surface area contributed by atoms with Gasteiger partial charge in [0.1, 0.15) is 12.4 Å². The highest BCUT2D eigenvalue weighted by atomic mass is 35.5. The van der Waals surface area contributed by atoms with Crippen molar-refractivity contribution in [2.75, 3.05) is 34.5 Å². The van der Waals surface area contributed by atoms with E-state index in [9.17, 15) is 9.59 Å². The average molecular weight is 492 g/mol. The molecule has 184 valence electrons. The Morgan fingerprint density at radius 3 is 2.53 bits per heavy atom. The van der Waals surface area contributed by atoms with Crippen LogP contribution < -0.4 is 14.2 Å². The van der Waals surface area contributed by atoms with Crippen LogP contribution in [0.4, 0.5) is 4.79 Å². The molecule has 0 aromatic heterocycles. The summed E-state index contributed by atoms with van der Waals surface area (Å²) in [5.41, 5.74) is 2.33. The lowest BCUT2D eigenvalue weighted by molar-refractivity contribution is -0.147. The Balaban J connectivity index is 1.80. The van der Waals surface area contributed by atoms with E-state index in [2.05, 4.69) is 0 Å². The molecule has 0 spiro atoms. The second-order valence-electron chi connectivity index (χ2n) is 8.26. The largest absolute Gasteiger partial charge is 0.493 e. The van der Waals surface area contributed by atoms with E-state index >= 15 is 0 Å². The van der Waals surface area contributed by atoms with Crippen molar-refractivity contribution in [1.82, 2.24) is 4.90 Å². The number of ether oxygens (including phenoxy) is 5. The number of fused-ring (bicyclic) bond motifs is 1. The molecule has 0 N–H and O–H groups in total. The van der Waals surface area contributed by atoms with Gasteiger partial charge in [-0.15, -0.1) is 0 Å². The van der Waals surface area contributed by atoms with Crippen LogP contribution in [0.3, 0.4) is 0 Å². The summed E-state index contributed by atoms with van der Waals surface area (Å²) in [6.45, 7) is 4.73. The lowest BCUT2D eigenvalue weighted by atomic mass is 9.92. The van der Waals surface area contributed by atoms with Crippen molar-refractivity contribution in [3.8, 4) is 17.2 Å². The molecule has 2 aromatic carbocycles. The van der Waals surface area contributed by atoms with Gasteiger partial charge in [-0.3, -0.25) is 4.90 Å². The van der Waals surface area contributed by atoms with Crippen LogP contribution in [0.25, 0.3) is 0 Å². The van der Waals surface area contributed by atoms with Gasteiger partial charge in [0.15, 0.2) is 17.5 Å². The van der Waals surface area contributed by atoms with E-state index < -0.39 is 18.1 Å². The monoisotopic (exact) mass is 491 g/mol. The molecule has 34 heavy (non-hydrogen) atoms. The van der Waals surface area contributed by atoms with Gasteiger partial charge in [0.25, 0.3) is 0 Å². The minimum Gasteiger partial charge on any atom is -0.493 e. The number of methoxy groups -OCH3 is 3. The van der Waals surface area contributed by atoms with Crippen LogP contribution in [0.15, 0.2) is 30.3 Å². The van der Waals surface area contributed by atoms with Gasteiger partial charge in [-0.25, -0.2) is 9.59 Å². The van der Waals surface area contributed by atoms with Gasteiger partial charge in [-0.05, 0) is 41.7 Å². The van der Waals surface area contributed by atoms with E-state index in [0.717, 1.165) is 11.1 Å². The van der Waals surface area contributed by atoms with Gasteiger partial charge in [0.2, 0.25) is 0 Å². The average Bonchev–Trinajstić information content (AvgIpc) is 2.84. The fourth-order valence-corrected chi connectivity index (χ4v) is 4.07. The minimum atomic E-state index is -0.872. The third-order valence-electron chi connectivity index (χ3n) is 5.50. The second kappa shape index (κ2) is 11.3. The molecule has 9 heteroatoms. The molecule has 1 unspecified atom stereocenters. The molecular weight excluding hydrogens is 462 g/mol. The minimum absolute atomic E-state index is 0.191. The molecule has 1 atom stereocenters. The normalized spacial score (nSPS) is 14.9. The van der Waals surface area contributed by atoms with E-state index in [1.54, 1.807) is 25.3 Å². The van der Waals surface area contributed by atoms with Crippen LogP contribution in [0.1, 0.15) is 36.6 Å². The molecule has 0 saturated carbocycles. The predicted octanol–water partition coefficient (Wildman–Crippen LogP) is 4.80. The maximum absolute atomic E-state index is 12.6. The first kappa shape index (κ1) is 25.5. The molecular formula is C25H30ClNO7. The Bertz CT molecular complexity index is 1040. The molecule has 1 amide bonds.